The number of halogens is 3. The van der Waals surface area contributed by atoms with Crippen molar-refractivity contribution < 1.29 is 18.3 Å². The largest absolute Gasteiger partial charge is 0.396 e. The summed E-state index contributed by atoms with van der Waals surface area (Å²) in [5.74, 6) is -1.27. The summed E-state index contributed by atoms with van der Waals surface area (Å²) in [6, 6.07) is -0.588. The van der Waals surface area contributed by atoms with Crippen molar-refractivity contribution >= 4 is 0 Å². The second-order valence-electron chi connectivity index (χ2n) is 3.01. The molecule has 0 bridgehead atoms. The minimum atomic E-state index is -4.12. The monoisotopic (exact) mass is 183 g/mol. The Hall–Kier alpha value is -0.290. The van der Waals surface area contributed by atoms with Gasteiger partial charge >= 0.3 is 6.18 Å². The molecule has 0 spiro atoms. The summed E-state index contributed by atoms with van der Waals surface area (Å²) in [4.78, 5) is 0. The average Bonchev–Trinajstić information content (AvgIpc) is 2.34. The molecule has 1 aliphatic heterocycles. The zero-order valence-electron chi connectivity index (χ0n) is 6.56. The second-order valence-corrected chi connectivity index (χ2v) is 3.01. The summed E-state index contributed by atoms with van der Waals surface area (Å²) >= 11 is 0. The van der Waals surface area contributed by atoms with Crippen LogP contribution in [0.4, 0.5) is 13.2 Å². The van der Waals surface area contributed by atoms with Crippen LogP contribution >= 0.6 is 0 Å². The molecule has 2 unspecified atom stereocenters. The van der Waals surface area contributed by atoms with E-state index in [0.717, 1.165) is 0 Å². The molecule has 5 heteroatoms. The standard InChI is InChI=1S/C7H12F3NO/c8-7(9,10)5-1-3-11-6(5)2-4-12/h5-6,11-12H,1-4H2. The van der Waals surface area contributed by atoms with Crippen LogP contribution in [0.25, 0.3) is 0 Å². The first-order valence-corrected chi connectivity index (χ1v) is 3.96. The Morgan fingerprint density at radius 2 is 2.08 bits per heavy atom. The third kappa shape index (κ3) is 2.10. The quantitative estimate of drug-likeness (QED) is 0.667. The Kier molecular flexibility index (Phi) is 2.95. The van der Waals surface area contributed by atoms with Gasteiger partial charge in [0.1, 0.15) is 0 Å². The fourth-order valence-electron chi connectivity index (χ4n) is 1.60. The van der Waals surface area contributed by atoms with Crippen molar-refractivity contribution in [1.29, 1.82) is 0 Å². The first-order valence-electron chi connectivity index (χ1n) is 3.96. The predicted molar refractivity (Wildman–Crippen MR) is 37.7 cm³/mol. The van der Waals surface area contributed by atoms with Crippen molar-refractivity contribution in [3.63, 3.8) is 0 Å². The van der Waals surface area contributed by atoms with Gasteiger partial charge in [0.25, 0.3) is 0 Å². The molecule has 12 heavy (non-hydrogen) atoms. The molecule has 0 radical (unpaired) electrons. The average molecular weight is 183 g/mol. The molecule has 2 N–H and O–H groups in total. The van der Waals surface area contributed by atoms with Gasteiger partial charge < -0.3 is 10.4 Å². The molecule has 0 saturated carbocycles. The van der Waals surface area contributed by atoms with E-state index in [9.17, 15) is 13.2 Å². The molecule has 1 aliphatic rings. The van der Waals surface area contributed by atoms with E-state index in [4.69, 9.17) is 5.11 Å². The molecule has 0 aromatic carbocycles. The van der Waals surface area contributed by atoms with E-state index in [1.54, 1.807) is 0 Å². The molecule has 2 atom stereocenters. The SMILES string of the molecule is OCCC1NCCC1C(F)(F)F. The zero-order chi connectivity index (χ0) is 9.19. The van der Waals surface area contributed by atoms with Crippen LogP contribution in [0.5, 0.6) is 0 Å². The summed E-state index contributed by atoms with van der Waals surface area (Å²) in [6.45, 7) is 0.207. The van der Waals surface area contributed by atoms with Crippen LogP contribution in [0.2, 0.25) is 0 Å². The van der Waals surface area contributed by atoms with Gasteiger partial charge in [0.15, 0.2) is 0 Å². The summed E-state index contributed by atoms with van der Waals surface area (Å²) in [5.41, 5.74) is 0. The molecule has 1 saturated heterocycles. The number of rotatable bonds is 2. The van der Waals surface area contributed by atoms with E-state index < -0.39 is 18.1 Å². The van der Waals surface area contributed by atoms with Crippen molar-refractivity contribution in [3.8, 4) is 0 Å². The molecule has 72 valence electrons. The second kappa shape index (κ2) is 3.62. The van der Waals surface area contributed by atoms with Crippen LogP contribution in [0.1, 0.15) is 12.8 Å². The number of aliphatic hydroxyl groups is 1. The summed E-state index contributed by atoms with van der Waals surface area (Å²) < 4.78 is 36.6. The molecule has 1 fully saturated rings. The van der Waals surface area contributed by atoms with E-state index in [1.165, 1.54) is 0 Å². The highest BCUT2D eigenvalue weighted by atomic mass is 19.4. The minimum absolute atomic E-state index is 0.133. The smallest absolute Gasteiger partial charge is 0.393 e. The van der Waals surface area contributed by atoms with Crippen molar-refractivity contribution in [2.45, 2.75) is 25.1 Å². The predicted octanol–water partition coefficient (Wildman–Crippen LogP) is 0.909. The van der Waals surface area contributed by atoms with Gasteiger partial charge in [-0.2, -0.15) is 13.2 Å². The highest BCUT2D eigenvalue weighted by molar-refractivity contribution is 4.87. The number of hydrogen-bond acceptors (Lipinski definition) is 2. The van der Waals surface area contributed by atoms with Gasteiger partial charge in [-0.05, 0) is 19.4 Å². The lowest BCUT2D eigenvalue weighted by Crippen LogP contribution is -2.36. The maximum Gasteiger partial charge on any atom is 0.393 e. The number of alkyl halides is 3. The van der Waals surface area contributed by atoms with Crippen LogP contribution in [0.3, 0.4) is 0 Å². The minimum Gasteiger partial charge on any atom is -0.396 e. The van der Waals surface area contributed by atoms with Gasteiger partial charge in [0.05, 0.1) is 5.92 Å². The Morgan fingerprint density at radius 3 is 2.58 bits per heavy atom. The maximum absolute atomic E-state index is 12.2. The van der Waals surface area contributed by atoms with Crippen molar-refractivity contribution in [3.05, 3.63) is 0 Å². The van der Waals surface area contributed by atoms with Crippen molar-refractivity contribution in [1.82, 2.24) is 5.32 Å². The van der Waals surface area contributed by atoms with E-state index in [0.29, 0.717) is 6.54 Å². The molecule has 0 amide bonds. The lowest BCUT2D eigenvalue weighted by atomic mass is 9.98. The molecule has 0 aromatic heterocycles. The van der Waals surface area contributed by atoms with E-state index in [2.05, 4.69) is 5.32 Å². The molecule has 0 aromatic rings. The summed E-state index contributed by atoms with van der Waals surface area (Å²) in [5, 5.41) is 11.2. The molecule has 0 aliphatic carbocycles. The molecule has 1 heterocycles. The van der Waals surface area contributed by atoms with Gasteiger partial charge in [-0.15, -0.1) is 0 Å². The summed E-state index contributed by atoms with van der Waals surface area (Å²) in [6.07, 6.45) is -3.80. The lowest BCUT2D eigenvalue weighted by Gasteiger charge is -2.21. The van der Waals surface area contributed by atoms with Gasteiger partial charge in [0.2, 0.25) is 0 Å². The molecule has 2 nitrogen and oxygen atoms in total. The third-order valence-corrected chi connectivity index (χ3v) is 2.21. The van der Waals surface area contributed by atoms with Gasteiger partial charge in [-0.25, -0.2) is 0 Å². The maximum atomic E-state index is 12.2. The third-order valence-electron chi connectivity index (χ3n) is 2.21. The lowest BCUT2D eigenvalue weighted by molar-refractivity contribution is -0.177. The van der Waals surface area contributed by atoms with Crippen LogP contribution in [-0.2, 0) is 0 Å². The highest BCUT2D eigenvalue weighted by Gasteiger charge is 2.46. The number of hydrogen-bond donors (Lipinski definition) is 2. The van der Waals surface area contributed by atoms with Crippen LogP contribution in [-0.4, -0.2) is 30.5 Å². The highest BCUT2D eigenvalue weighted by Crippen LogP contribution is 2.35. The normalized spacial score (nSPS) is 31.0. The first kappa shape index (κ1) is 9.80. The van der Waals surface area contributed by atoms with Gasteiger partial charge in [0, 0.05) is 12.6 Å². The number of aliphatic hydroxyl groups excluding tert-OH is 1. The van der Waals surface area contributed by atoms with E-state index in [1.807, 2.05) is 0 Å². The number of nitrogens with one attached hydrogen (secondary N) is 1. The first-order chi connectivity index (χ1) is 5.55. The van der Waals surface area contributed by atoms with Gasteiger partial charge in [-0.1, -0.05) is 0 Å². The Balaban J connectivity index is 2.52. The van der Waals surface area contributed by atoms with Crippen molar-refractivity contribution in [2.75, 3.05) is 13.2 Å². The zero-order valence-corrected chi connectivity index (χ0v) is 6.56. The fourth-order valence-corrected chi connectivity index (χ4v) is 1.60. The van der Waals surface area contributed by atoms with E-state index in [-0.39, 0.29) is 19.4 Å². The molecular formula is C7H12F3NO. The Morgan fingerprint density at radius 1 is 1.42 bits per heavy atom. The topological polar surface area (TPSA) is 32.3 Å². The van der Waals surface area contributed by atoms with Crippen LogP contribution in [0, 0.1) is 5.92 Å². The fraction of sp³-hybridized carbons (Fsp3) is 1.00. The Bertz CT molecular complexity index is 148. The Labute approximate surface area is 68.8 Å². The van der Waals surface area contributed by atoms with Crippen LogP contribution in [0.15, 0.2) is 0 Å². The summed E-state index contributed by atoms with van der Waals surface area (Å²) in [7, 11) is 0. The van der Waals surface area contributed by atoms with Gasteiger partial charge in [-0.3, -0.25) is 0 Å². The van der Waals surface area contributed by atoms with Crippen molar-refractivity contribution in [2.24, 2.45) is 5.92 Å². The van der Waals surface area contributed by atoms with Crippen LogP contribution < -0.4 is 5.32 Å². The van der Waals surface area contributed by atoms with E-state index >= 15 is 0 Å². The molecular weight excluding hydrogens is 171 g/mol. The molecule has 1 rings (SSSR count).